The first-order chi connectivity index (χ1) is 9.35. The third kappa shape index (κ3) is 2.49. The van der Waals surface area contributed by atoms with Crippen molar-refractivity contribution in [2.75, 3.05) is 6.61 Å². The van der Waals surface area contributed by atoms with Crippen molar-refractivity contribution in [3.63, 3.8) is 0 Å². The van der Waals surface area contributed by atoms with Crippen LogP contribution in [0.25, 0.3) is 0 Å². The molecule has 3 unspecified atom stereocenters. The van der Waals surface area contributed by atoms with E-state index in [4.69, 9.17) is 10.6 Å². The first-order valence-corrected chi connectivity index (χ1v) is 7.54. The van der Waals surface area contributed by atoms with Gasteiger partial charge in [-0.25, -0.2) is 0 Å². The molecule has 2 fully saturated rings. The molecule has 0 spiro atoms. The summed E-state index contributed by atoms with van der Waals surface area (Å²) in [5.74, 6) is 9.30. The molecule has 0 amide bonds. The van der Waals surface area contributed by atoms with Gasteiger partial charge in [0.25, 0.3) is 0 Å². The van der Waals surface area contributed by atoms with Crippen LogP contribution in [0.2, 0.25) is 0 Å². The summed E-state index contributed by atoms with van der Waals surface area (Å²) >= 11 is 0. The van der Waals surface area contributed by atoms with E-state index in [1.807, 2.05) is 6.92 Å². The summed E-state index contributed by atoms with van der Waals surface area (Å²) in [6.45, 7) is 2.72. The molecule has 104 valence electrons. The molecule has 0 bridgehead atoms. The Kier molecular flexibility index (Phi) is 3.76. The van der Waals surface area contributed by atoms with E-state index in [1.165, 1.54) is 31.2 Å². The van der Waals surface area contributed by atoms with Gasteiger partial charge in [0.1, 0.15) is 5.75 Å². The molecule has 1 aromatic carbocycles. The Morgan fingerprint density at radius 3 is 2.37 bits per heavy atom. The van der Waals surface area contributed by atoms with Crippen molar-refractivity contribution in [2.45, 2.75) is 38.6 Å². The molecule has 0 aliphatic heterocycles. The van der Waals surface area contributed by atoms with E-state index in [-0.39, 0.29) is 0 Å². The van der Waals surface area contributed by atoms with Crippen molar-refractivity contribution in [3.05, 3.63) is 29.8 Å². The second kappa shape index (κ2) is 5.51. The van der Waals surface area contributed by atoms with E-state index in [0.29, 0.717) is 12.6 Å². The van der Waals surface area contributed by atoms with Gasteiger partial charge in [0.15, 0.2) is 0 Å². The topological polar surface area (TPSA) is 47.3 Å². The fourth-order valence-electron chi connectivity index (χ4n) is 3.91. The third-order valence-electron chi connectivity index (χ3n) is 4.84. The number of ether oxygens (including phenoxy) is 1. The lowest BCUT2D eigenvalue weighted by Crippen LogP contribution is -2.30. The SMILES string of the molecule is CCOc1ccc(C(NN)C2C3CCCCC32)cc1. The van der Waals surface area contributed by atoms with Crippen molar-refractivity contribution in [3.8, 4) is 5.75 Å². The number of nitrogens with two attached hydrogens (primary N) is 1. The van der Waals surface area contributed by atoms with Crippen LogP contribution in [0.15, 0.2) is 24.3 Å². The number of hydrogen-bond acceptors (Lipinski definition) is 3. The van der Waals surface area contributed by atoms with Crippen LogP contribution in [0, 0.1) is 17.8 Å². The smallest absolute Gasteiger partial charge is 0.119 e. The summed E-state index contributed by atoms with van der Waals surface area (Å²) in [6, 6.07) is 8.72. The highest BCUT2D eigenvalue weighted by atomic mass is 16.5. The van der Waals surface area contributed by atoms with Gasteiger partial charge in [0.2, 0.25) is 0 Å². The standard InChI is InChI=1S/C16H24N2O/c1-2-19-12-9-7-11(8-10-12)16(18-17)15-13-5-3-4-6-14(13)15/h7-10,13-16,18H,2-6,17H2,1H3. The molecule has 3 rings (SSSR count). The van der Waals surface area contributed by atoms with E-state index in [0.717, 1.165) is 23.5 Å². The van der Waals surface area contributed by atoms with E-state index in [1.54, 1.807) is 0 Å². The summed E-state index contributed by atoms with van der Waals surface area (Å²) in [4.78, 5) is 0. The maximum atomic E-state index is 5.82. The van der Waals surface area contributed by atoms with Gasteiger partial charge in [-0.05, 0) is 55.2 Å². The molecule has 1 aromatic rings. The lowest BCUT2D eigenvalue weighted by atomic mass is 10.0. The molecule has 0 saturated heterocycles. The normalized spacial score (nSPS) is 30.5. The molecule has 3 atom stereocenters. The van der Waals surface area contributed by atoms with Crippen LogP contribution in [-0.4, -0.2) is 6.61 Å². The zero-order valence-corrected chi connectivity index (χ0v) is 11.6. The highest BCUT2D eigenvalue weighted by molar-refractivity contribution is 5.31. The zero-order chi connectivity index (χ0) is 13.2. The van der Waals surface area contributed by atoms with Crippen LogP contribution < -0.4 is 16.0 Å². The number of benzene rings is 1. The number of nitrogens with one attached hydrogen (secondary N) is 1. The zero-order valence-electron chi connectivity index (χ0n) is 11.6. The van der Waals surface area contributed by atoms with Crippen molar-refractivity contribution in [1.82, 2.24) is 5.43 Å². The Morgan fingerprint density at radius 2 is 1.84 bits per heavy atom. The van der Waals surface area contributed by atoms with Crippen LogP contribution in [-0.2, 0) is 0 Å². The summed E-state index contributed by atoms with van der Waals surface area (Å²) in [5.41, 5.74) is 4.34. The van der Waals surface area contributed by atoms with Crippen molar-refractivity contribution in [1.29, 1.82) is 0 Å². The minimum absolute atomic E-state index is 0.309. The fourth-order valence-corrected chi connectivity index (χ4v) is 3.91. The van der Waals surface area contributed by atoms with Gasteiger partial charge in [-0.15, -0.1) is 0 Å². The predicted molar refractivity (Wildman–Crippen MR) is 76.6 cm³/mol. The van der Waals surface area contributed by atoms with Crippen molar-refractivity contribution >= 4 is 0 Å². The first-order valence-electron chi connectivity index (χ1n) is 7.54. The maximum absolute atomic E-state index is 5.82. The molecule has 0 heterocycles. The summed E-state index contributed by atoms with van der Waals surface area (Å²) in [5, 5.41) is 0. The van der Waals surface area contributed by atoms with Crippen LogP contribution in [0.3, 0.4) is 0 Å². The average molecular weight is 260 g/mol. The van der Waals surface area contributed by atoms with E-state index < -0.39 is 0 Å². The largest absolute Gasteiger partial charge is 0.494 e. The Balaban J connectivity index is 1.71. The second-order valence-corrected chi connectivity index (χ2v) is 5.84. The van der Waals surface area contributed by atoms with E-state index in [9.17, 15) is 0 Å². The molecule has 2 saturated carbocycles. The Morgan fingerprint density at radius 1 is 1.21 bits per heavy atom. The summed E-state index contributed by atoms with van der Waals surface area (Å²) in [6.07, 6.45) is 5.59. The van der Waals surface area contributed by atoms with Gasteiger partial charge in [0.05, 0.1) is 6.61 Å². The van der Waals surface area contributed by atoms with E-state index in [2.05, 4.69) is 29.7 Å². The summed E-state index contributed by atoms with van der Waals surface area (Å²) in [7, 11) is 0. The minimum Gasteiger partial charge on any atom is -0.494 e. The predicted octanol–water partition coefficient (Wildman–Crippen LogP) is 3.03. The molecule has 2 aliphatic rings. The molecule has 0 radical (unpaired) electrons. The minimum atomic E-state index is 0.309. The van der Waals surface area contributed by atoms with Gasteiger partial charge in [-0.2, -0.15) is 0 Å². The van der Waals surface area contributed by atoms with Crippen LogP contribution in [0.1, 0.15) is 44.2 Å². The van der Waals surface area contributed by atoms with Crippen molar-refractivity contribution < 1.29 is 4.74 Å². The first kappa shape index (κ1) is 12.9. The molecule has 3 N–H and O–H groups in total. The Hall–Kier alpha value is -1.06. The van der Waals surface area contributed by atoms with Crippen LogP contribution >= 0.6 is 0 Å². The highest BCUT2D eigenvalue weighted by Gasteiger charge is 2.54. The number of fused-ring (bicyclic) bond motifs is 1. The van der Waals surface area contributed by atoms with Gasteiger partial charge >= 0.3 is 0 Å². The third-order valence-corrected chi connectivity index (χ3v) is 4.84. The van der Waals surface area contributed by atoms with Gasteiger partial charge < -0.3 is 4.74 Å². The molecule has 19 heavy (non-hydrogen) atoms. The molecule has 3 heteroatoms. The monoisotopic (exact) mass is 260 g/mol. The van der Waals surface area contributed by atoms with Gasteiger partial charge in [-0.3, -0.25) is 11.3 Å². The molecule has 0 aromatic heterocycles. The Labute approximate surface area is 115 Å². The quantitative estimate of drug-likeness (QED) is 0.632. The average Bonchev–Trinajstić information content (AvgIpc) is 3.17. The van der Waals surface area contributed by atoms with E-state index >= 15 is 0 Å². The number of rotatable bonds is 5. The molecule has 3 nitrogen and oxygen atoms in total. The number of hydrazine groups is 1. The van der Waals surface area contributed by atoms with Crippen LogP contribution in [0.4, 0.5) is 0 Å². The Bertz CT molecular complexity index is 405. The van der Waals surface area contributed by atoms with Gasteiger partial charge in [-0.1, -0.05) is 25.0 Å². The van der Waals surface area contributed by atoms with Crippen molar-refractivity contribution in [2.24, 2.45) is 23.6 Å². The molecule has 2 aliphatic carbocycles. The summed E-state index contributed by atoms with van der Waals surface area (Å²) < 4.78 is 5.49. The highest BCUT2D eigenvalue weighted by Crippen LogP contribution is 2.60. The fraction of sp³-hybridized carbons (Fsp3) is 0.625. The molecular weight excluding hydrogens is 236 g/mol. The lowest BCUT2D eigenvalue weighted by Gasteiger charge is -2.17. The number of hydrogen-bond donors (Lipinski definition) is 2. The molecular formula is C16H24N2O. The van der Waals surface area contributed by atoms with Gasteiger partial charge in [0, 0.05) is 6.04 Å². The lowest BCUT2D eigenvalue weighted by molar-refractivity contribution is 0.340. The van der Waals surface area contributed by atoms with Crippen LogP contribution in [0.5, 0.6) is 5.75 Å². The second-order valence-electron chi connectivity index (χ2n) is 5.84. The maximum Gasteiger partial charge on any atom is 0.119 e.